The van der Waals surface area contributed by atoms with Crippen molar-refractivity contribution in [2.24, 2.45) is 0 Å². The maximum atomic E-state index is 11.3. The highest BCUT2D eigenvalue weighted by Crippen LogP contribution is 2.29. The van der Waals surface area contributed by atoms with Crippen molar-refractivity contribution in [3.63, 3.8) is 0 Å². The second kappa shape index (κ2) is 7.51. The number of rotatable bonds is 7. The van der Waals surface area contributed by atoms with Gasteiger partial charge in [-0.15, -0.1) is 11.8 Å². The van der Waals surface area contributed by atoms with Crippen LogP contribution in [0.25, 0.3) is 0 Å². The van der Waals surface area contributed by atoms with Gasteiger partial charge in [0.05, 0.1) is 5.56 Å². The number of aromatic carboxylic acids is 1. The molecule has 0 saturated carbocycles. The second-order valence-electron chi connectivity index (χ2n) is 4.26. The van der Waals surface area contributed by atoms with Gasteiger partial charge in [-0.3, -0.25) is 4.79 Å². The van der Waals surface area contributed by atoms with Crippen LogP contribution in [0.4, 0.5) is 0 Å². The summed E-state index contributed by atoms with van der Waals surface area (Å²) in [6.45, 7) is -0.0959. The van der Waals surface area contributed by atoms with Crippen LogP contribution < -0.4 is 4.74 Å². The maximum absolute atomic E-state index is 11.3. The first-order chi connectivity index (χ1) is 10.6. The lowest BCUT2D eigenvalue weighted by Gasteiger charge is -2.12. The van der Waals surface area contributed by atoms with Gasteiger partial charge in [-0.25, -0.2) is 4.79 Å². The molecule has 0 aliphatic carbocycles. The first-order valence-corrected chi connectivity index (χ1v) is 7.16. The molecule has 0 amide bonds. The van der Waals surface area contributed by atoms with Crippen molar-refractivity contribution >= 4 is 23.7 Å². The summed E-state index contributed by atoms with van der Waals surface area (Å²) in [6.07, 6.45) is 0. The lowest BCUT2D eigenvalue weighted by molar-refractivity contribution is -0.134. The number of aliphatic carboxylic acids is 1. The smallest absolute Gasteiger partial charge is 0.335 e. The average molecular weight is 317 g/mol. The Morgan fingerprint density at radius 3 is 2.14 bits per heavy atom. The number of benzene rings is 2. The minimum absolute atomic E-state index is 0.0959. The van der Waals surface area contributed by atoms with Crippen LogP contribution in [0, 0.1) is 5.25 Å². The summed E-state index contributed by atoms with van der Waals surface area (Å²) in [5, 5.41) is 18.2. The van der Waals surface area contributed by atoms with E-state index in [1.165, 1.54) is 24.3 Å². The van der Waals surface area contributed by atoms with E-state index in [2.05, 4.69) is 0 Å². The summed E-state index contributed by atoms with van der Waals surface area (Å²) in [6, 6.07) is 14.9. The molecule has 0 bridgehead atoms. The summed E-state index contributed by atoms with van der Waals surface area (Å²) in [4.78, 5) is 22.8. The van der Waals surface area contributed by atoms with Crippen molar-refractivity contribution in [3.8, 4) is 5.75 Å². The van der Waals surface area contributed by atoms with Crippen LogP contribution in [0.2, 0.25) is 0 Å². The fraction of sp³-hybridized carbons (Fsp3) is 0.0625. The molecule has 1 radical (unpaired) electrons. The van der Waals surface area contributed by atoms with Crippen molar-refractivity contribution in [2.75, 3.05) is 6.61 Å². The summed E-state index contributed by atoms with van der Waals surface area (Å²) in [7, 11) is 0. The quantitative estimate of drug-likeness (QED) is 0.763. The second-order valence-corrected chi connectivity index (χ2v) is 5.43. The van der Waals surface area contributed by atoms with E-state index in [1.54, 1.807) is 0 Å². The summed E-state index contributed by atoms with van der Waals surface area (Å²) >= 11 is 1.12. The molecule has 0 heterocycles. The molecule has 0 saturated heterocycles. The predicted octanol–water partition coefficient (Wildman–Crippen LogP) is 3.17. The van der Waals surface area contributed by atoms with Gasteiger partial charge in [0.1, 0.15) is 12.4 Å². The van der Waals surface area contributed by atoms with Crippen LogP contribution >= 0.6 is 11.8 Å². The zero-order valence-corrected chi connectivity index (χ0v) is 12.2. The highest BCUT2D eigenvalue weighted by Gasteiger charge is 2.21. The molecule has 5 nitrogen and oxygen atoms in total. The lowest BCUT2D eigenvalue weighted by atomic mass is 10.2. The molecule has 0 aliphatic heterocycles. The van der Waals surface area contributed by atoms with Crippen molar-refractivity contribution in [2.45, 2.75) is 4.90 Å². The number of carboxylic acids is 2. The maximum Gasteiger partial charge on any atom is 0.335 e. The zero-order chi connectivity index (χ0) is 15.9. The topological polar surface area (TPSA) is 83.8 Å². The van der Waals surface area contributed by atoms with E-state index in [0.29, 0.717) is 5.75 Å². The van der Waals surface area contributed by atoms with E-state index >= 15 is 0 Å². The molecule has 113 valence electrons. The van der Waals surface area contributed by atoms with Gasteiger partial charge in [-0.05, 0) is 36.4 Å². The van der Waals surface area contributed by atoms with Crippen molar-refractivity contribution in [3.05, 3.63) is 65.4 Å². The Morgan fingerprint density at radius 1 is 0.955 bits per heavy atom. The number of carboxylic acid groups (broad SMARTS) is 2. The van der Waals surface area contributed by atoms with Gasteiger partial charge >= 0.3 is 11.9 Å². The van der Waals surface area contributed by atoms with Gasteiger partial charge in [-0.2, -0.15) is 0 Å². The molecule has 0 unspecified atom stereocenters. The Morgan fingerprint density at radius 2 is 1.59 bits per heavy atom. The Labute approximate surface area is 131 Å². The molecule has 2 rings (SSSR count). The summed E-state index contributed by atoms with van der Waals surface area (Å²) in [5.74, 6) is -1.66. The van der Waals surface area contributed by atoms with E-state index < -0.39 is 11.9 Å². The monoisotopic (exact) mass is 317 g/mol. The minimum atomic E-state index is -1.05. The molecule has 0 fully saturated rings. The van der Waals surface area contributed by atoms with Gasteiger partial charge in [0.2, 0.25) is 0 Å². The summed E-state index contributed by atoms with van der Waals surface area (Å²) < 4.78 is 5.40. The molecule has 0 aromatic heterocycles. The van der Waals surface area contributed by atoms with Crippen LogP contribution in [0.3, 0.4) is 0 Å². The van der Waals surface area contributed by atoms with E-state index in [0.717, 1.165) is 16.7 Å². The standard InChI is InChI=1S/C16H13O5S/c17-15(18)11-6-8-12(9-7-11)21-10-14(16(19)20)22-13-4-2-1-3-5-13/h1-9H,10H2,(H,17,18)(H,19,20). The molecule has 6 heteroatoms. The SMILES string of the molecule is O=C(O)[C](COc1ccc(C(=O)O)cc1)Sc1ccccc1. The number of carbonyl (C=O) groups is 2. The van der Waals surface area contributed by atoms with Crippen LogP contribution in [0.5, 0.6) is 5.75 Å². The van der Waals surface area contributed by atoms with Gasteiger partial charge in [-0.1, -0.05) is 18.2 Å². The van der Waals surface area contributed by atoms with Crippen LogP contribution in [-0.4, -0.2) is 28.8 Å². The van der Waals surface area contributed by atoms with E-state index in [1.807, 2.05) is 30.3 Å². The van der Waals surface area contributed by atoms with Crippen LogP contribution in [0.15, 0.2) is 59.5 Å². The number of hydrogen-bond donors (Lipinski definition) is 2. The molecular formula is C16H13O5S. The van der Waals surface area contributed by atoms with E-state index in [4.69, 9.17) is 9.84 Å². The first kappa shape index (κ1) is 15.9. The minimum Gasteiger partial charge on any atom is -0.491 e. The van der Waals surface area contributed by atoms with Gasteiger partial charge < -0.3 is 14.9 Å². The molecular weight excluding hydrogens is 304 g/mol. The zero-order valence-electron chi connectivity index (χ0n) is 11.4. The van der Waals surface area contributed by atoms with E-state index in [9.17, 15) is 14.7 Å². The van der Waals surface area contributed by atoms with E-state index in [-0.39, 0.29) is 17.4 Å². The Bertz CT molecular complexity index is 639. The Hall–Kier alpha value is -2.47. The predicted molar refractivity (Wildman–Crippen MR) is 82.1 cm³/mol. The van der Waals surface area contributed by atoms with Crippen LogP contribution in [-0.2, 0) is 4.79 Å². The molecule has 0 spiro atoms. The van der Waals surface area contributed by atoms with Crippen molar-refractivity contribution in [1.29, 1.82) is 0 Å². The average Bonchev–Trinajstić information content (AvgIpc) is 2.52. The fourth-order valence-electron chi connectivity index (χ4n) is 1.61. The normalized spacial score (nSPS) is 10.4. The third-order valence-corrected chi connectivity index (χ3v) is 3.74. The summed E-state index contributed by atoms with van der Waals surface area (Å²) in [5.41, 5.74) is 0.147. The lowest BCUT2D eigenvalue weighted by Crippen LogP contribution is -2.16. The van der Waals surface area contributed by atoms with Gasteiger partial charge in [0.15, 0.2) is 5.25 Å². The molecule has 22 heavy (non-hydrogen) atoms. The Kier molecular flexibility index (Phi) is 5.43. The number of ether oxygens (including phenoxy) is 1. The van der Waals surface area contributed by atoms with Crippen molar-refractivity contribution < 1.29 is 24.5 Å². The fourth-order valence-corrected chi connectivity index (χ4v) is 2.39. The molecule has 2 aromatic carbocycles. The van der Waals surface area contributed by atoms with Gasteiger partial charge in [0.25, 0.3) is 0 Å². The van der Waals surface area contributed by atoms with Crippen LogP contribution in [0.1, 0.15) is 10.4 Å². The van der Waals surface area contributed by atoms with Gasteiger partial charge in [0, 0.05) is 4.90 Å². The third-order valence-electron chi connectivity index (χ3n) is 2.69. The molecule has 2 N–H and O–H groups in total. The number of thioether (sulfide) groups is 1. The highest BCUT2D eigenvalue weighted by molar-refractivity contribution is 8.03. The third kappa shape index (κ3) is 4.53. The highest BCUT2D eigenvalue weighted by atomic mass is 32.2. The van der Waals surface area contributed by atoms with Crippen molar-refractivity contribution in [1.82, 2.24) is 0 Å². The largest absolute Gasteiger partial charge is 0.491 e. The molecule has 0 aliphatic rings. The number of hydrogen-bond acceptors (Lipinski definition) is 4. The first-order valence-electron chi connectivity index (χ1n) is 6.34. The molecule has 0 atom stereocenters. The molecule has 2 aromatic rings. The Balaban J connectivity index is 1.97.